The van der Waals surface area contributed by atoms with Crippen molar-refractivity contribution < 1.29 is 23.8 Å². The number of carbonyl (C=O) groups excluding carboxylic acids is 2. The summed E-state index contributed by atoms with van der Waals surface area (Å²) < 4.78 is 16.8. The van der Waals surface area contributed by atoms with Gasteiger partial charge in [-0.25, -0.2) is 4.79 Å². The fourth-order valence-electron chi connectivity index (χ4n) is 4.14. The molecule has 3 rings (SSSR count). The maximum atomic E-state index is 12.6. The van der Waals surface area contributed by atoms with Gasteiger partial charge < -0.3 is 14.2 Å². The molecule has 0 radical (unpaired) electrons. The average Bonchev–Trinajstić information content (AvgIpc) is 2.98. The fourth-order valence-corrected chi connectivity index (χ4v) is 4.37. The monoisotopic (exact) mass is 564 g/mol. The number of halogens is 1. The van der Waals surface area contributed by atoms with E-state index in [1.54, 1.807) is 48.5 Å². The first kappa shape index (κ1) is 31.2. The standard InChI is InChI=1S/C34H41ClO5/c1-4-6-7-8-9-10-11-24-38-29-18-16-28(17-19-29)33(36)39-30-20-12-26(13-21-30)27-14-22-31(23-15-27)40-34(37)32(35)25(3)5-2/h12-23,25,32H,4-11,24H2,1-3H3. The first-order valence-corrected chi connectivity index (χ1v) is 14.9. The van der Waals surface area contributed by atoms with Crippen molar-refractivity contribution in [2.75, 3.05) is 6.61 Å². The molecule has 0 heterocycles. The Kier molecular flexibility index (Phi) is 13.0. The van der Waals surface area contributed by atoms with E-state index in [1.165, 1.54) is 38.5 Å². The number of benzene rings is 3. The third kappa shape index (κ3) is 10.0. The van der Waals surface area contributed by atoms with E-state index in [-0.39, 0.29) is 5.92 Å². The summed E-state index contributed by atoms with van der Waals surface area (Å²) in [4.78, 5) is 24.8. The highest BCUT2D eigenvalue weighted by Crippen LogP contribution is 2.26. The van der Waals surface area contributed by atoms with Crippen molar-refractivity contribution >= 4 is 23.5 Å². The minimum atomic E-state index is -0.675. The summed E-state index contributed by atoms with van der Waals surface area (Å²) in [7, 11) is 0. The number of hydrogen-bond donors (Lipinski definition) is 0. The number of rotatable bonds is 16. The SMILES string of the molecule is CCCCCCCCCOc1ccc(C(=O)Oc2ccc(-c3ccc(OC(=O)C(Cl)C(C)CC)cc3)cc2)cc1. The highest BCUT2D eigenvalue weighted by atomic mass is 35.5. The van der Waals surface area contributed by atoms with Crippen molar-refractivity contribution in [3.63, 3.8) is 0 Å². The Morgan fingerprint density at radius 2 is 1.18 bits per heavy atom. The molecule has 3 aromatic carbocycles. The quantitative estimate of drug-likeness (QED) is 0.0750. The van der Waals surface area contributed by atoms with Crippen molar-refractivity contribution in [2.45, 2.75) is 77.5 Å². The molecule has 40 heavy (non-hydrogen) atoms. The lowest BCUT2D eigenvalue weighted by Crippen LogP contribution is -2.26. The molecule has 0 bridgehead atoms. The average molecular weight is 565 g/mol. The number of unbranched alkanes of at least 4 members (excludes halogenated alkanes) is 6. The van der Waals surface area contributed by atoms with E-state index >= 15 is 0 Å². The van der Waals surface area contributed by atoms with E-state index in [1.807, 2.05) is 38.1 Å². The maximum absolute atomic E-state index is 12.6. The van der Waals surface area contributed by atoms with Gasteiger partial charge in [0.1, 0.15) is 22.6 Å². The minimum Gasteiger partial charge on any atom is -0.494 e. The lowest BCUT2D eigenvalue weighted by Gasteiger charge is -2.15. The van der Waals surface area contributed by atoms with Crippen LogP contribution in [0.25, 0.3) is 11.1 Å². The van der Waals surface area contributed by atoms with Crippen molar-refractivity contribution in [1.82, 2.24) is 0 Å². The molecule has 0 aromatic heterocycles. The Balaban J connectivity index is 1.45. The Morgan fingerprint density at radius 1 is 0.675 bits per heavy atom. The van der Waals surface area contributed by atoms with Crippen LogP contribution in [0.15, 0.2) is 72.8 Å². The van der Waals surface area contributed by atoms with Crippen LogP contribution < -0.4 is 14.2 Å². The van der Waals surface area contributed by atoms with Gasteiger partial charge in [-0.3, -0.25) is 4.79 Å². The zero-order chi connectivity index (χ0) is 28.7. The second-order valence-corrected chi connectivity index (χ2v) is 10.6. The van der Waals surface area contributed by atoms with E-state index in [4.69, 9.17) is 25.8 Å². The second-order valence-electron chi connectivity index (χ2n) is 10.1. The van der Waals surface area contributed by atoms with Crippen molar-refractivity contribution in [2.24, 2.45) is 5.92 Å². The minimum absolute atomic E-state index is 0.0407. The molecule has 0 saturated carbocycles. The molecule has 2 atom stereocenters. The molecule has 6 heteroatoms. The van der Waals surface area contributed by atoms with Crippen LogP contribution >= 0.6 is 11.6 Å². The van der Waals surface area contributed by atoms with Crippen LogP contribution in [0.2, 0.25) is 0 Å². The number of alkyl halides is 1. The molecule has 2 unspecified atom stereocenters. The molecule has 0 fully saturated rings. The molecule has 3 aromatic rings. The highest BCUT2D eigenvalue weighted by Gasteiger charge is 2.23. The summed E-state index contributed by atoms with van der Waals surface area (Å²) in [6.07, 6.45) is 9.49. The zero-order valence-corrected chi connectivity index (χ0v) is 24.6. The van der Waals surface area contributed by atoms with Gasteiger partial charge in [0.05, 0.1) is 12.2 Å². The fraction of sp³-hybridized carbons (Fsp3) is 0.412. The van der Waals surface area contributed by atoms with Crippen LogP contribution in [0.1, 0.15) is 82.5 Å². The molecular weight excluding hydrogens is 524 g/mol. The molecule has 0 aliphatic rings. The molecule has 0 saturated heterocycles. The van der Waals surface area contributed by atoms with Gasteiger partial charge in [0.2, 0.25) is 0 Å². The largest absolute Gasteiger partial charge is 0.494 e. The highest BCUT2D eigenvalue weighted by molar-refractivity contribution is 6.30. The third-order valence-corrected chi connectivity index (χ3v) is 7.55. The summed E-state index contributed by atoms with van der Waals surface area (Å²) >= 11 is 6.18. The van der Waals surface area contributed by atoms with E-state index in [0.717, 1.165) is 29.7 Å². The molecule has 0 aliphatic heterocycles. The molecule has 0 spiro atoms. The van der Waals surface area contributed by atoms with Crippen LogP contribution in [-0.2, 0) is 4.79 Å². The summed E-state index contributed by atoms with van der Waals surface area (Å²) in [6.45, 7) is 6.82. The van der Waals surface area contributed by atoms with Crippen LogP contribution in [0.5, 0.6) is 17.2 Å². The topological polar surface area (TPSA) is 61.8 Å². The molecule has 0 amide bonds. The van der Waals surface area contributed by atoms with Gasteiger partial charge in [0.25, 0.3) is 0 Å². The molecule has 0 aliphatic carbocycles. The summed E-state index contributed by atoms with van der Waals surface area (Å²) in [5, 5.41) is -0.675. The first-order valence-electron chi connectivity index (χ1n) is 14.4. The summed E-state index contributed by atoms with van der Waals surface area (Å²) in [5.41, 5.74) is 2.34. The number of ether oxygens (including phenoxy) is 3. The van der Waals surface area contributed by atoms with E-state index < -0.39 is 17.3 Å². The van der Waals surface area contributed by atoms with E-state index in [0.29, 0.717) is 23.7 Å². The molecular formula is C34H41ClO5. The van der Waals surface area contributed by atoms with Crippen LogP contribution in [-0.4, -0.2) is 23.9 Å². The number of esters is 2. The molecule has 214 valence electrons. The predicted octanol–water partition coefficient (Wildman–Crippen LogP) is 9.26. The van der Waals surface area contributed by atoms with Gasteiger partial charge in [0.15, 0.2) is 0 Å². The van der Waals surface area contributed by atoms with E-state index in [2.05, 4.69) is 6.92 Å². The number of hydrogen-bond acceptors (Lipinski definition) is 5. The van der Waals surface area contributed by atoms with Gasteiger partial charge in [-0.2, -0.15) is 0 Å². The van der Waals surface area contributed by atoms with Crippen LogP contribution in [0, 0.1) is 5.92 Å². The molecule has 5 nitrogen and oxygen atoms in total. The first-order chi connectivity index (χ1) is 19.4. The van der Waals surface area contributed by atoms with Crippen molar-refractivity contribution in [1.29, 1.82) is 0 Å². The number of carbonyl (C=O) groups is 2. The molecule has 0 N–H and O–H groups in total. The predicted molar refractivity (Wildman–Crippen MR) is 161 cm³/mol. The van der Waals surface area contributed by atoms with Gasteiger partial charge in [0, 0.05) is 0 Å². The summed E-state index contributed by atoms with van der Waals surface area (Å²) in [6, 6.07) is 21.5. The maximum Gasteiger partial charge on any atom is 0.343 e. The summed E-state index contributed by atoms with van der Waals surface area (Å²) in [5.74, 6) is 0.831. The smallest absolute Gasteiger partial charge is 0.343 e. The zero-order valence-electron chi connectivity index (χ0n) is 23.9. The van der Waals surface area contributed by atoms with Gasteiger partial charge >= 0.3 is 11.9 Å². The van der Waals surface area contributed by atoms with Crippen LogP contribution in [0.3, 0.4) is 0 Å². The van der Waals surface area contributed by atoms with Crippen molar-refractivity contribution in [3.05, 3.63) is 78.4 Å². The normalized spacial score (nSPS) is 12.4. The van der Waals surface area contributed by atoms with Crippen molar-refractivity contribution in [3.8, 4) is 28.4 Å². The second kappa shape index (κ2) is 16.7. The Morgan fingerprint density at radius 3 is 1.73 bits per heavy atom. The van der Waals surface area contributed by atoms with Crippen LogP contribution in [0.4, 0.5) is 0 Å². The lowest BCUT2D eigenvalue weighted by molar-refractivity contribution is -0.134. The van der Waals surface area contributed by atoms with Gasteiger partial charge in [-0.1, -0.05) is 90.0 Å². The third-order valence-electron chi connectivity index (χ3n) is 6.95. The van der Waals surface area contributed by atoms with E-state index in [9.17, 15) is 9.59 Å². The van der Waals surface area contributed by atoms with Gasteiger partial charge in [-0.05, 0) is 72.0 Å². The van der Waals surface area contributed by atoms with Gasteiger partial charge in [-0.15, -0.1) is 11.6 Å². The lowest BCUT2D eigenvalue weighted by atomic mass is 10.0. The Labute approximate surface area is 243 Å². The Bertz CT molecular complexity index is 1170. The Hall–Kier alpha value is -3.31.